The van der Waals surface area contributed by atoms with Crippen molar-refractivity contribution in [3.05, 3.63) is 99.0 Å². The molecule has 0 unspecified atom stereocenters. The molecule has 3 aromatic carbocycles. The SMILES string of the molecule is O=C1C(=O)N(c2nnc(SCc3ccccc3Cl)s2)[C@H](c2cccc(Cl)c2)C1=C(O)c1ccc2c(c1)OCCO2. The molecule has 1 atom stereocenters. The van der Waals surface area contributed by atoms with Crippen molar-refractivity contribution in [3.8, 4) is 11.5 Å². The fraction of sp³-hybridized carbons (Fsp3) is 0.143. The first kappa shape index (κ1) is 26.6. The van der Waals surface area contributed by atoms with Gasteiger partial charge in [0.2, 0.25) is 5.13 Å². The van der Waals surface area contributed by atoms with Gasteiger partial charge in [0, 0.05) is 21.4 Å². The van der Waals surface area contributed by atoms with E-state index in [1.54, 1.807) is 42.5 Å². The molecule has 1 saturated heterocycles. The van der Waals surface area contributed by atoms with E-state index in [4.69, 9.17) is 32.7 Å². The molecule has 2 aliphatic rings. The molecule has 0 bridgehead atoms. The summed E-state index contributed by atoms with van der Waals surface area (Å²) >= 11 is 15.2. The van der Waals surface area contributed by atoms with Crippen molar-refractivity contribution >= 4 is 68.9 Å². The zero-order valence-electron chi connectivity index (χ0n) is 20.5. The quantitative estimate of drug-likeness (QED) is 0.0862. The number of halogens is 2. The van der Waals surface area contributed by atoms with E-state index in [1.165, 1.54) is 28.0 Å². The van der Waals surface area contributed by atoms with Crippen molar-refractivity contribution in [1.82, 2.24) is 10.2 Å². The summed E-state index contributed by atoms with van der Waals surface area (Å²) in [6, 6.07) is 18.2. The topological polar surface area (TPSA) is 102 Å². The minimum Gasteiger partial charge on any atom is -0.507 e. The Labute approximate surface area is 247 Å². The maximum Gasteiger partial charge on any atom is 0.301 e. The Morgan fingerprint density at radius 1 is 1.00 bits per heavy atom. The van der Waals surface area contributed by atoms with Crippen molar-refractivity contribution in [1.29, 1.82) is 0 Å². The van der Waals surface area contributed by atoms with Crippen LogP contribution < -0.4 is 14.4 Å². The number of nitrogens with zero attached hydrogens (tertiary/aromatic N) is 3. The van der Waals surface area contributed by atoms with E-state index in [-0.39, 0.29) is 16.5 Å². The largest absolute Gasteiger partial charge is 0.507 e. The third-order valence-electron chi connectivity index (χ3n) is 6.34. The maximum absolute atomic E-state index is 13.5. The number of fused-ring (bicyclic) bond motifs is 1. The standard InChI is InChI=1S/C28H19Cl2N3O5S2/c29-18-6-3-5-15(12-18)23-22(24(34)16-8-9-20-21(13-16)38-11-10-37-20)25(35)26(36)33(23)27-31-32-28(40-27)39-14-17-4-1-2-7-19(17)30/h1-9,12-13,23,34H,10-11,14H2/t23-/m1/s1. The predicted octanol–water partition coefficient (Wildman–Crippen LogP) is 6.53. The lowest BCUT2D eigenvalue weighted by Crippen LogP contribution is -2.29. The first-order valence-corrected chi connectivity index (χ1v) is 14.6. The highest BCUT2D eigenvalue weighted by Crippen LogP contribution is 2.45. The third-order valence-corrected chi connectivity index (χ3v) is 9.04. The van der Waals surface area contributed by atoms with E-state index in [0.717, 1.165) is 5.56 Å². The summed E-state index contributed by atoms with van der Waals surface area (Å²) in [5.74, 6) is -0.505. The van der Waals surface area contributed by atoms with E-state index < -0.39 is 17.7 Å². The van der Waals surface area contributed by atoms with E-state index in [9.17, 15) is 14.7 Å². The molecule has 40 heavy (non-hydrogen) atoms. The van der Waals surface area contributed by atoms with Crippen molar-refractivity contribution < 1.29 is 24.2 Å². The maximum atomic E-state index is 13.5. The minimum absolute atomic E-state index is 0.0931. The van der Waals surface area contributed by atoms with Gasteiger partial charge in [0.05, 0.1) is 11.6 Å². The molecule has 0 spiro atoms. The molecule has 6 rings (SSSR count). The fourth-order valence-electron chi connectivity index (χ4n) is 4.48. The van der Waals surface area contributed by atoms with Gasteiger partial charge in [-0.15, -0.1) is 10.2 Å². The van der Waals surface area contributed by atoms with E-state index in [1.807, 2.05) is 24.3 Å². The van der Waals surface area contributed by atoms with Crippen LogP contribution in [0, 0.1) is 0 Å². The smallest absolute Gasteiger partial charge is 0.301 e. The lowest BCUT2D eigenvalue weighted by molar-refractivity contribution is -0.132. The lowest BCUT2D eigenvalue weighted by atomic mass is 9.95. The molecule has 4 aromatic rings. The molecule has 1 amide bonds. The molecule has 0 saturated carbocycles. The molecule has 1 fully saturated rings. The van der Waals surface area contributed by atoms with Gasteiger partial charge in [0.15, 0.2) is 15.8 Å². The summed E-state index contributed by atoms with van der Waals surface area (Å²) in [6.45, 7) is 0.775. The van der Waals surface area contributed by atoms with Gasteiger partial charge >= 0.3 is 5.91 Å². The molecule has 8 nitrogen and oxygen atoms in total. The normalized spacial score (nSPS) is 17.9. The molecule has 2 aliphatic heterocycles. The van der Waals surface area contributed by atoms with Gasteiger partial charge in [0.1, 0.15) is 19.0 Å². The van der Waals surface area contributed by atoms with Gasteiger partial charge in [0.25, 0.3) is 5.78 Å². The van der Waals surface area contributed by atoms with E-state index in [0.29, 0.717) is 56.0 Å². The Morgan fingerprint density at radius 3 is 2.60 bits per heavy atom. The van der Waals surface area contributed by atoms with Crippen LogP contribution in [0.2, 0.25) is 10.0 Å². The van der Waals surface area contributed by atoms with Crippen LogP contribution in [0.5, 0.6) is 11.5 Å². The number of amides is 1. The molecule has 3 heterocycles. The highest BCUT2D eigenvalue weighted by atomic mass is 35.5. The van der Waals surface area contributed by atoms with Crippen LogP contribution in [-0.4, -0.2) is 40.2 Å². The first-order chi connectivity index (χ1) is 19.4. The predicted molar refractivity (Wildman–Crippen MR) is 155 cm³/mol. The van der Waals surface area contributed by atoms with Gasteiger partial charge in [-0.3, -0.25) is 14.5 Å². The number of aliphatic hydroxyl groups excluding tert-OH is 1. The van der Waals surface area contributed by atoms with Crippen molar-refractivity contribution in [2.75, 3.05) is 18.1 Å². The number of anilines is 1. The van der Waals surface area contributed by atoms with Crippen molar-refractivity contribution in [2.45, 2.75) is 16.1 Å². The third kappa shape index (κ3) is 5.03. The zero-order valence-corrected chi connectivity index (χ0v) is 23.7. The molecule has 202 valence electrons. The average Bonchev–Trinajstić information content (AvgIpc) is 3.54. The summed E-state index contributed by atoms with van der Waals surface area (Å²) in [7, 11) is 0. The Hall–Kier alpha value is -3.57. The van der Waals surface area contributed by atoms with Gasteiger partial charge < -0.3 is 14.6 Å². The molecule has 1 N–H and O–H groups in total. The number of carbonyl (C=O) groups excluding carboxylic acids is 2. The molecule has 12 heteroatoms. The van der Waals surface area contributed by atoms with Crippen LogP contribution in [0.1, 0.15) is 22.7 Å². The van der Waals surface area contributed by atoms with Gasteiger partial charge in [-0.2, -0.15) is 0 Å². The second-order valence-corrected chi connectivity index (χ2v) is 11.8. The van der Waals surface area contributed by atoms with Crippen LogP contribution in [0.4, 0.5) is 5.13 Å². The highest BCUT2D eigenvalue weighted by Gasteiger charge is 2.48. The van der Waals surface area contributed by atoms with Crippen LogP contribution in [0.15, 0.2) is 76.6 Å². The highest BCUT2D eigenvalue weighted by molar-refractivity contribution is 8.00. The van der Waals surface area contributed by atoms with Crippen LogP contribution in [0.3, 0.4) is 0 Å². The summed E-state index contributed by atoms with van der Waals surface area (Å²) in [5, 5.41) is 21.2. The first-order valence-electron chi connectivity index (χ1n) is 12.1. The molecular formula is C28H19Cl2N3O5S2. The number of rotatable bonds is 6. The second kappa shape index (κ2) is 11.1. The number of aliphatic hydroxyl groups is 1. The number of thioether (sulfide) groups is 1. The molecule has 1 aromatic heterocycles. The Kier molecular flexibility index (Phi) is 7.41. The lowest BCUT2D eigenvalue weighted by Gasteiger charge is -2.23. The zero-order chi connectivity index (χ0) is 27.8. The van der Waals surface area contributed by atoms with Crippen LogP contribution >= 0.6 is 46.3 Å². The molecule has 0 radical (unpaired) electrons. The van der Waals surface area contributed by atoms with E-state index >= 15 is 0 Å². The molecular weight excluding hydrogens is 593 g/mol. The van der Waals surface area contributed by atoms with Crippen molar-refractivity contribution in [3.63, 3.8) is 0 Å². The Balaban J connectivity index is 1.39. The summed E-state index contributed by atoms with van der Waals surface area (Å²) in [4.78, 5) is 28.2. The monoisotopic (exact) mass is 611 g/mol. The van der Waals surface area contributed by atoms with Crippen molar-refractivity contribution in [2.24, 2.45) is 0 Å². The number of carbonyl (C=O) groups is 2. The number of hydrogen-bond donors (Lipinski definition) is 1. The summed E-state index contributed by atoms with van der Waals surface area (Å²) in [5.41, 5.74) is 1.68. The van der Waals surface area contributed by atoms with Gasteiger partial charge in [-0.25, -0.2) is 0 Å². The second-order valence-electron chi connectivity index (χ2n) is 8.81. The number of aromatic nitrogens is 2. The fourth-order valence-corrected chi connectivity index (χ4v) is 6.83. The van der Waals surface area contributed by atoms with Gasteiger partial charge in [-0.1, -0.05) is 76.6 Å². The van der Waals surface area contributed by atoms with Gasteiger partial charge in [-0.05, 0) is 47.5 Å². The average molecular weight is 613 g/mol. The van der Waals surface area contributed by atoms with E-state index in [2.05, 4.69) is 10.2 Å². The molecule has 0 aliphatic carbocycles. The summed E-state index contributed by atoms with van der Waals surface area (Å²) < 4.78 is 11.8. The minimum atomic E-state index is -0.985. The number of Topliss-reactive ketones (excluding diaryl/α,β-unsaturated/α-hetero) is 1. The number of hydrogen-bond acceptors (Lipinski definition) is 9. The Bertz CT molecular complexity index is 1680. The summed E-state index contributed by atoms with van der Waals surface area (Å²) in [6.07, 6.45) is 0. The van der Waals surface area contributed by atoms with Crippen LogP contribution in [-0.2, 0) is 15.3 Å². The number of benzene rings is 3. The Morgan fingerprint density at radius 2 is 1.80 bits per heavy atom. The van der Waals surface area contributed by atoms with Crippen LogP contribution in [0.25, 0.3) is 5.76 Å². The number of ether oxygens (including phenoxy) is 2. The number of ketones is 1.